The molecular weight excluding hydrogens is 885 g/mol. The molecular formula is C51H60O17. The maximum Gasteiger partial charge on any atom is 0.374 e. The number of rotatable bonds is 14. The quantitative estimate of drug-likeness (QED) is 0.0653. The van der Waals surface area contributed by atoms with Gasteiger partial charge in [0.25, 0.3) is 0 Å². The first kappa shape index (κ1) is 55.7. The fourth-order valence-corrected chi connectivity index (χ4v) is 4.69. The van der Waals surface area contributed by atoms with E-state index in [0.29, 0.717) is 11.1 Å². The van der Waals surface area contributed by atoms with Gasteiger partial charge in [-0.15, -0.1) is 0 Å². The summed E-state index contributed by atoms with van der Waals surface area (Å²) in [6.45, 7) is 25.7. The summed E-state index contributed by atoms with van der Waals surface area (Å²) in [6, 6.07) is 21.5. The van der Waals surface area contributed by atoms with Crippen molar-refractivity contribution in [1.82, 2.24) is 0 Å². The number of hydrogen-bond acceptors (Lipinski definition) is 17. The summed E-state index contributed by atoms with van der Waals surface area (Å²) in [4.78, 5) is 137. The van der Waals surface area contributed by atoms with Crippen molar-refractivity contribution in [3.8, 4) is 0 Å². The Labute approximate surface area is 395 Å². The number of ketones is 2. The van der Waals surface area contributed by atoms with Crippen molar-refractivity contribution in [2.45, 2.75) is 132 Å². The van der Waals surface area contributed by atoms with E-state index in [2.05, 4.69) is 0 Å². The lowest BCUT2D eigenvalue weighted by Gasteiger charge is -2.18. The van der Waals surface area contributed by atoms with Gasteiger partial charge in [-0.1, -0.05) is 42.5 Å². The summed E-state index contributed by atoms with van der Waals surface area (Å²) in [5.41, 5.74) is -2.24. The van der Waals surface area contributed by atoms with E-state index in [1.54, 1.807) is 104 Å². The first-order chi connectivity index (χ1) is 31.2. The zero-order valence-corrected chi connectivity index (χ0v) is 41.1. The molecule has 17 heteroatoms. The van der Waals surface area contributed by atoms with Crippen LogP contribution in [0.1, 0.15) is 187 Å². The molecule has 0 aliphatic heterocycles. The smallest absolute Gasteiger partial charge is 0.292 e. The Morgan fingerprint density at radius 1 is 0.265 bits per heavy atom. The second-order valence-electron chi connectivity index (χ2n) is 20.0. The minimum absolute atomic E-state index is 0.0763. The lowest BCUT2D eigenvalue weighted by Crippen LogP contribution is -2.25. The number of benzene rings is 4. The predicted octanol–water partition coefficient (Wildman–Crippen LogP) is 10.3. The molecule has 0 amide bonds. The highest BCUT2D eigenvalue weighted by Crippen LogP contribution is 2.22. The molecule has 366 valence electrons. The van der Waals surface area contributed by atoms with Gasteiger partial charge in [-0.3, -0.25) is 34.0 Å². The maximum atomic E-state index is 13.1. The molecule has 0 spiro atoms. The van der Waals surface area contributed by atoms with Crippen LogP contribution in [-0.4, -0.2) is 69.4 Å². The van der Waals surface area contributed by atoms with E-state index in [1.807, 2.05) is 0 Å². The molecule has 0 heterocycles. The Morgan fingerprint density at radius 2 is 0.471 bits per heavy atom. The Bertz CT molecular complexity index is 2340. The third-order valence-electron chi connectivity index (χ3n) is 7.71. The first-order valence-electron chi connectivity index (χ1n) is 21.3. The van der Waals surface area contributed by atoms with Crippen molar-refractivity contribution in [1.29, 1.82) is 0 Å². The normalized spacial score (nSPS) is 11.9. The Kier molecular flexibility index (Phi) is 18.8. The van der Waals surface area contributed by atoms with Crippen LogP contribution in [0, 0.1) is 0 Å². The molecule has 0 radical (unpaired) electrons. The highest BCUT2D eigenvalue weighted by atomic mass is 17.2. The molecule has 4 aromatic carbocycles. The van der Waals surface area contributed by atoms with E-state index < -0.39 is 63.6 Å². The summed E-state index contributed by atoms with van der Waals surface area (Å²) in [5, 5.41) is 0. The Hall–Kier alpha value is -6.63. The molecule has 0 saturated heterocycles. The third-order valence-corrected chi connectivity index (χ3v) is 7.71. The van der Waals surface area contributed by atoms with E-state index in [4.69, 9.17) is 48.9 Å². The third kappa shape index (κ3) is 19.3. The maximum absolute atomic E-state index is 13.1. The Balaban J connectivity index is 0.000000370. The molecule has 0 N–H and O–H groups in total. The van der Waals surface area contributed by atoms with E-state index in [9.17, 15) is 33.6 Å². The van der Waals surface area contributed by atoms with Crippen LogP contribution in [0.3, 0.4) is 0 Å². The van der Waals surface area contributed by atoms with Crippen molar-refractivity contribution >= 4 is 41.4 Å². The zero-order valence-electron chi connectivity index (χ0n) is 41.1. The van der Waals surface area contributed by atoms with E-state index in [1.165, 1.54) is 91.0 Å². The van der Waals surface area contributed by atoms with Crippen molar-refractivity contribution in [2.75, 3.05) is 0 Å². The summed E-state index contributed by atoms with van der Waals surface area (Å²) in [7, 11) is 0. The molecule has 0 aromatic heterocycles. The lowest BCUT2D eigenvalue weighted by atomic mass is 9.97. The highest BCUT2D eigenvalue weighted by Gasteiger charge is 2.27. The molecule has 0 unspecified atom stereocenters. The van der Waals surface area contributed by atoms with Crippen LogP contribution in [0.5, 0.6) is 0 Å². The van der Waals surface area contributed by atoms with Crippen molar-refractivity contribution < 1.29 is 82.4 Å². The van der Waals surface area contributed by atoms with Crippen LogP contribution in [-0.2, 0) is 48.9 Å². The molecule has 4 aromatic rings. The molecule has 0 bridgehead atoms. The van der Waals surface area contributed by atoms with Gasteiger partial charge < -0.3 is 0 Å². The van der Waals surface area contributed by atoms with Gasteiger partial charge >= 0.3 is 29.8 Å². The molecule has 0 fully saturated rings. The van der Waals surface area contributed by atoms with E-state index in [0.717, 1.165) is 0 Å². The second-order valence-corrected chi connectivity index (χ2v) is 20.0. The predicted molar refractivity (Wildman–Crippen MR) is 244 cm³/mol. The van der Waals surface area contributed by atoms with Gasteiger partial charge in [0.1, 0.15) is 28.0 Å². The molecule has 0 aliphatic rings. The van der Waals surface area contributed by atoms with Gasteiger partial charge in [-0.2, -0.15) is 24.4 Å². The standard InChI is InChI=1S/C28H34O10.C23H26O7/c1-26(2,3)36-33-23(30)18-12-10-17(11-13-18)22(29)19-14-15-20(24(31)34-37-27(4,5)6)21(16-19)25(32)35-38-28(7,8)9;1-22(2,3)29-27-20(25)17-11-7-15(8-12-17)19(24)16-9-13-18(14-10-16)21(26)28-30-23(4,5)6/h10-16H,1-9H3;7-14H,1-6H3. The van der Waals surface area contributed by atoms with Gasteiger partial charge in [0, 0.05) is 22.3 Å². The first-order valence-corrected chi connectivity index (χ1v) is 21.3. The van der Waals surface area contributed by atoms with Crippen molar-refractivity contribution in [3.63, 3.8) is 0 Å². The van der Waals surface area contributed by atoms with Crippen LogP contribution in [0.15, 0.2) is 91.0 Å². The van der Waals surface area contributed by atoms with Crippen LogP contribution >= 0.6 is 0 Å². The number of hydrogen-bond donors (Lipinski definition) is 0. The van der Waals surface area contributed by atoms with Crippen LogP contribution in [0.25, 0.3) is 0 Å². The zero-order chi connectivity index (χ0) is 51.4. The summed E-state index contributed by atoms with van der Waals surface area (Å²) < 4.78 is 0. The van der Waals surface area contributed by atoms with Crippen LogP contribution in [0.4, 0.5) is 0 Å². The average molecular weight is 945 g/mol. The van der Waals surface area contributed by atoms with Gasteiger partial charge in [0.05, 0.1) is 27.8 Å². The van der Waals surface area contributed by atoms with Crippen LogP contribution < -0.4 is 0 Å². The topological polar surface area (TPSA) is 212 Å². The summed E-state index contributed by atoms with van der Waals surface area (Å²) >= 11 is 0. The van der Waals surface area contributed by atoms with Gasteiger partial charge in [-0.05, 0) is 152 Å². The van der Waals surface area contributed by atoms with Gasteiger partial charge in [0.15, 0.2) is 11.6 Å². The summed E-state index contributed by atoms with van der Waals surface area (Å²) in [5.74, 6) is -4.72. The molecule has 0 atom stereocenters. The molecule has 17 nitrogen and oxygen atoms in total. The SMILES string of the molecule is CC(C)(C)OOC(=O)c1ccc(C(=O)c2ccc(C(=O)OOC(C)(C)C)c(C(=O)OOC(C)(C)C)c2)cc1.CC(C)(C)OOC(=O)c1ccc(C(=O)c2ccc(C(=O)OOC(C)(C)C)cc2)cc1. The summed E-state index contributed by atoms with van der Waals surface area (Å²) in [6.07, 6.45) is 0. The molecule has 68 heavy (non-hydrogen) atoms. The largest absolute Gasteiger partial charge is 0.374 e. The van der Waals surface area contributed by atoms with Gasteiger partial charge in [-0.25, -0.2) is 24.0 Å². The molecule has 0 saturated carbocycles. The highest BCUT2D eigenvalue weighted by molar-refractivity contribution is 6.12. The molecule has 4 rings (SSSR count). The minimum atomic E-state index is -1.01. The number of carbonyl (C=O) groups is 7. The monoisotopic (exact) mass is 944 g/mol. The minimum Gasteiger partial charge on any atom is -0.292 e. The number of carbonyl (C=O) groups excluding carboxylic acids is 7. The second kappa shape index (κ2) is 22.9. The van der Waals surface area contributed by atoms with E-state index in [-0.39, 0.29) is 44.7 Å². The lowest BCUT2D eigenvalue weighted by molar-refractivity contribution is -0.302. The van der Waals surface area contributed by atoms with E-state index >= 15 is 0 Å². The fourth-order valence-electron chi connectivity index (χ4n) is 4.69. The van der Waals surface area contributed by atoms with Gasteiger partial charge in [0.2, 0.25) is 0 Å². The fraction of sp³-hybridized carbons (Fsp3) is 0.392. The van der Waals surface area contributed by atoms with Crippen molar-refractivity contribution in [2.24, 2.45) is 0 Å². The molecule has 0 aliphatic carbocycles. The van der Waals surface area contributed by atoms with Crippen molar-refractivity contribution in [3.05, 3.63) is 141 Å². The van der Waals surface area contributed by atoms with Crippen LogP contribution in [0.2, 0.25) is 0 Å². The average Bonchev–Trinajstić information content (AvgIpc) is 3.26. The Morgan fingerprint density at radius 3 is 0.735 bits per heavy atom.